The third-order valence-electron chi connectivity index (χ3n) is 4.88. The minimum Gasteiger partial charge on any atom is -0.203 e. The van der Waals surface area contributed by atoms with Crippen molar-refractivity contribution in [3.05, 3.63) is 70.5 Å². The van der Waals surface area contributed by atoms with Gasteiger partial charge in [-0.2, -0.15) is 0 Å². The first-order chi connectivity index (χ1) is 11.9. The van der Waals surface area contributed by atoms with Crippen molar-refractivity contribution in [3.63, 3.8) is 0 Å². The molecule has 0 radical (unpaired) electrons. The summed E-state index contributed by atoms with van der Waals surface area (Å²) in [5.41, 5.74) is 0.282. The minimum absolute atomic E-state index is 0.284. The van der Waals surface area contributed by atoms with E-state index in [4.69, 9.17) is 0 Å². The fraction of sp³-hybridized carbons (Fsp3) is 0.368. The fourth-order valence-electron chi connectivity index (χ4n) is 3.48. The van der Waals surface area contributed by atoms with E-state index in [1.54, 1.807) is 6.92 Å². The molecule has 0 aromatic heterocycles. The van der Waals surface area contributed by atoms with Crippen LogP contribution in [0.5, 0.6) is 0 Å². The summed E-state index contributed by atoms with van der Waals surface area (Å²) in [5.74, 6) is -9.27. The lowest BCUT2D eigenvalue weighted by Crippen LogP contribution is -2.37. The number of rotatable bonds is 7. The molecule has 0 bridgehead atoms. The number of hydrogen-bond acceptors (Lipinski definition) is 0. The molecule has 0 heterocycles. The van der Waals surface area contributed by atoms with Gasteiger partial charge in [-0.1, -0.05) is 75.3 Å². The molecule has 2 aromatic carbocycles. The van der Waals surface area contributed by atoms with Gasteiger partial charge < -0.3 is 0 Å². The molecule has 0 nitrogen and oxygen atoms in total. The molecule has 134 valence electrons. The van der Waals surface area contributed by atoms with E-state index in [1.165, 1.54) is 0 Å². The zero-order valence-corrected chi connectivity index (χ0v) is 14.3. The average molecular weight is 354 g/mol. The SMILES string of the molecule is CCCC(BCc1ccccc1)(CC)c1c(F)c(F)c(F)c(F)c1F. The lowest BCUT2D eigenvalue weighted by Gasteiger charge is -2.34. The van der Waals surface area contributed by atoms with Crippen LogP contribution in [0.4, 0.5) is 22.0 Å². The van der Waals surface area contributed by atoms with E-state index < -0.39 is 40.0 Å². The predicted molar refractivity (Wildman–Crippen MR) is 90.4 cm³/mol. The predicted octanol–water partition coefficient (Wildman–Crippen LogP) is 5.42. The zero-order chi connectivity index (χ0) is 18.6. The highest BCUT2D eigenvalue weighted by atomic mass is 19.2. The van der Waals surface area contributed by atoms with Crippen LogP contribution in [-0.2, 0) is 11.6 Å². The Kier molecular flexibility index (Phi) is 6.25. The molecule has 6 heteroatoms. The van der Waals surface area contributed by atoms with Gasteiger partial charge in [0, 0.05) is 5.56 Å². The number of benzene rings is 2. The van der Waals surface area contributed by atoms with Gasteiger partial charge in [0.2, 0.25) is 5.82 Å². The van der Waals surface area contributed by atoms with E-state index in [-0.39, 0.29) is 6.42 Å². The maximum atomic E-state index is 14.4. The van der Waals surface area contributed by atoms with Gasteiger partial charge in [-0.15, -0.1) is 0 Å². The minimum atomic E-state index is -2.11. The normalized spacial score (nSPS) is 13.6. The third kappa shape index (κ3) is 3.72. The lowest BCUT2D eigenvalue weighted by molar-refractivity contribution is 0.350. The summed E-state index contributed by atoms with van der Waals surface area (Å²) in [6, 6.07) is 9.31. The van der Waals surface area contributed by atoms with Gasteiger partial charge in [-0.3, -0.25) is 0 Å². The van der Waals surface area contributed by atoms with Crippen molar-refractivity contribution < 1.29 is 22.0 Å². The van der Waals surface area contributed by atoms with Crippen molar-refractivity contribution >= 4 is 7.28 Å². The van der Waals surface area contributed by atoms with Crippen LogP contribution in [0.2, 0.25) is 0 Å². The summed E-state index contributed by atoms with van der Waals surface area (Å²) >= 11 is 0. The third-order valence-corrected chi connectivity index (χ3v) is 4.88. The number of hydrogen-bond donors (Lipinski definition) is 0. The topological polar surface area (TPSA) is 0 Å². The largest absolute Gasteiger partial charge is 0.203 e. The highest BCUT2D eigenvalue weighted by Gasteiger charge is 2.39. The molecule has 0 N–H and O–H groups in total. The van der Waals surface area contributed by atoms with Crippen LogP contribution in [0.15, 0.2) is 30.3 Å². The van der Waals surface area contributed by atoms with Gasteiger partial charge in [-0.25, -0.2) is 22.0 Å². The molecule has 0 spiro atoms. The van der Waals surface area contributed by atoms with E-state index in [0.29, 0.717) is 26.4 Å². The summed E-state index contributed by atoms with van der Waals surface area (Å²) in [7, 11) is 0.305. The second kappa shape index (κ2) is 8.02. The molecule has 0 saturated heterocycles. The van der Waals surface area contributed by atoms with E-state index in [0.717, 1.165) is 5.56 Å². The Morgan fingerprint density at radius 1 is 0.800 bits per heavy atom. The van der Waals surface area contributed by atoms with Gasteiger partial charge in [0.15, 0.2) is 23.3 Å². The second-order valence-corrected chi connectivity index (χ2v) is 6.31. The van der Waals surface area contributed by atoms with Crippen molar-refractivity contribution in [2.75, 3.05) is 0 Å². The van der Waals surface area contributed by atoms with Crippen LogP contribution in [0.1, 0.15) is 44.2 Å². The molecule has 2 rings (SSSR count). The van der Waals surface area contributed by atoms with E-state index in [2.05, 4.69) is 0 Å². The Bertz CT molecular complexity index is 703. The molecule has 0 fully saturated rings. The standard InChI is InChI=1S/C19H20BF5/c1-3-10-19(4-2,20-11-12-8-6-5-7-9-12)13-14(21)16(23)18(25)17(24)15(13)22/h5-9,20H,3-4,10-11H2,1-2H3. The first-order valence-electron chi connectivity index (χ1n) is 8.43. The fourth-order valence-corrected chi connectivity index (χ4v) is 3.48. The molecular formula is C19H20BF5. The molecule has 0 aliphatic heterocycles. The first kappa shape index (κ1) is 19.5. The molecule has 0 saturated carbocycles. The summed E-state index contributed by atoms with van der Waals surface area (Å²) in [6.07, 6.45) is 1.69. The van der Waals surface area contributed by atoms with Crippen LogP contribution in [0.3, 0.4) is 0 Å². The Morgan fingerprint density at radius 3 is 1.80 bits per heavy atom. The summed E-state index contributed by atoms with van der Waals surface area (Å²) in [5, 5.41) is -1.10. The summed E-state index contributed by atoms with van der Waals surface area (Å²) in [6.45, 7) is 3.55. The highest BCUT2D eigenvalue weighted by Crippen LogP contribution is 2.38. The second-order valence-electron chi connectivity index (χ2n) is 6.31. The van der Waals surface area contributed by atoms with Crippen LogP contribution < -0.4 is 0 Å². The molecule has 0 aliphatic rings. The van der Waals surface area contributed by atoms with Crippen molar-refractivity contribution in [2.24, 2.45) is 0 Å². The molecule has 25 heavy (non-hydrogen) atoms. The molecule has 1 atom stereocenters. The Morgan fingerprint density at radius 2 is 1.32 bits per heavy atom. The van der Waals surface area contributed by atoms with Gasteiger partial charge in [-0.05, 0) is 5.31 Å². The van der Waals surface area contributed by atoms with Gasteiger partial charge >= 0.3 is 0 Å². The molecule has 1 unspecified atom stereocenters. The summed E-state index contributed by atoms with van der Waals surface area (Å²) in [4.78, 5) is 0. The van der Waals surface area contributed by atoms with Crippen LogP contribution in [0.25, 0.3) is 0 Å². The molecule has 0 amide bonds. The van der Waals surface area contributed by atoms with Gasteiger partial charge in [0.25, 0.3) is 0 Å². The van der Waals surface area contributed by atoms with Crippen molar-refractivity contribution in [2.45, 2.75) is 44.7 Å². The maximum Gasteiger partial charge on any atom is 0.200 e. The van der Waals surface area contributed by atoms with Crippen molar-refractivity contribution in [1.29, 1.82) is 0 Å². The van der Waals surface area contributed by atoms with Gasteiger partial charge in [0.05, 0.1) is 0 Å². The molecule has 2 aromatic rings. The van der Waals surface area contributed by atoms with E-state index >= 15 is 0 Å². The molecular weight excluding hydrogens is 334 g/mol. The lowest BCUT2D eigenvalue weighted by atomic mass is 9.44. The monoisotopic (exact) mass is 354 g/mol. The maximum absolute atomic E-state index is 14.4. The smallest absolute Gasteiger partial charge is 0.200 e. The Balaban J connectivity index is 2.54. The van der Waals surface area contributed by atoms with E-state index in [1.807, 2.05) is 37.3 Å². The highest BCUT2D eigenvalue weighted by molar-refractivity contribution is 6.39. The van der Waals surface area contributed by atoms with Crippen LogP contribution >= 0.6 is 0 Å². The zero-order valence-electron chi connectivity index (χ0n) is 14.3. The van der Waals surface area contributed by atoms with Crippen LogP contribution in [0, 0.1) is 29.1 Å². The first-order valence-corrected chi connectivity index (χ1v) is 8.43. The average Bonchev–Trinajstić information content (AvgIpc) is 2.63. The Hall–Kier alpha value is -1.85. The summed E-state index contributed by atoms with van der Waals surface area (Å²) < 4.78 is 69.6. The van der Waals surface area contributed by atoms with Crippen molar-refractivity contribution in [3.8, 4) is 0 Å². The number of halogens is 5. The Labute approximate surface area is 145 Å². The van der Waals surface area contributed by atoms with Gasteiger partial charge in [0.1, 0.15) is 7.28 Å². The van der Waals surface area contributed by atoms with Crippen molar-refractivity contribution in [1.82, 2.24) is 0 Å². The molecule has 0 aliphatic carbocycles. The van der Waals surface area contributed by atoms with Crippen LogP contribution in [-0.4, -0.2) is 7.28 Å². The van der Waals surface area contributed by atoms with E-state index in [9.17, 15) is 22.0 Å². The quantitative estimate of drug-likeness (QED) is 0.269.